The van der Waals surface area contributed by atoms with Crippen LogP contribution in [0.1, 0.15) is 44.6 Å². The van der Waals surface area contributed by atoms with Crippen LogP contribution in [-0.4, -0.2) is 20.3 Å². The molecule has 20 heavy (non-hydrogen) atoms. The summed E-state index contributed by atoms with van der Waals surface area (Å²) in [4.78, 5) is 0. The van der Waals surface area contributed by atoms with Crippen molar-refractivity contribution in [1.82, 2.24) is 5.32 Å². The van der Waals surface area contributed by atoms with Gasteiger partial charge in [-0.3, -0.25) is 0 Å². The first-order chi connectivity index (χ1) is 9.85. The molecule has 1 N–H and O–H groups in total. The largest absolute Gasteiger partial charge is 0.493 e. The van der Waals surface area contributed by atoms with Gasteiger partial charge in [0.05, 0.1) is 13.7 Å². The lowest BCUT2D eigenvalue weighted by atomic mass is 10.1. The molecule has 0 heterocycles. The summed E-state index contributed by atoms with van der Waals surface area (Å²) in [6, 6.07) is 6.13. The second-order valence-electron chi connectivity index (χ2n) is 5.59. The van der Waals surface area contributed by atoms with Gasteiger partial charge < -0.3 is 14.8 Å². The Bertz CT molecular complexity index is 400. The van der Waals surface area contributed by atoms with Gasteiger partial charge in [0.15, 0.2) is 11.5 Å². The second kappa shape index (κ2) is 8.15. The molecule has 0 saturated heterocycles. The van der Waals surface area contributed by atoms with Crippen molar-refractivity contribution < 1.29 is 9.47 Å². The molecule has 1 aliphatic carbocycles. The number of hydrogen-bond donors (Lipinski definition) is 1. The predicted molar refractivity (Wildman–Crippen MR) is 82.4 cm³/mol. The van der Waals surface area contributed by atoms with Crippen molar-refractivity contribution in [3.63, 3.8) is 0 Å². The minimum absolute atomic E-state index is 0.719. The van der Waals surface area contributed by atoms with Crippen molar-refractivity contribution in [3.05, 3.63) is 23.8 Å². The molecular weight excluding hydrogens is 250 g/mol. The highest BCUT2D eigenvalue weighted by atomic mass is 16.5. The van der Waals surface area contributed by atoms with E-state index in [1.54, 1.807) is 7.11 Å². The van der Waals surface area contributed by atoms with Crippen molar-refractivity contribution >= 4 is 0 Å². The van der Waals surface area contributed by atoms with Crippen molar-refractivity contribution in [3.8, 4) is 11.5 Å². The third-order valence-electron chi connectivity index (χ3n) is 3.96. The van der Waals surface area contributed by atoms with Crippen LogP contribution in [0.2, 0.25) is 0 Å². The molecule has 0 amide bonds. The summed E-state index contributed by atoms with van der Waals surface area (Å²) in [6.07, 6.45) is 6.45. The van der Waals surface area contributed by atoms with Crippen LogP contribution in [0.25, 0.3) is 0 Å². The third kappa shape index (κ3) is 4.14. The molecule has 0 aromatic heterocycles. The molecule has 0 bridgehead atoms. The number of hydrogen-bond acceptors (Lipinski definition) is 3. The molecule has 0 unspecified atom stereocenters. The number of nitrogens with one attached hydrogen (secondary N) is 1. The summed E-state index contributed by atoms with van der Waals surface area (Å²) in [5, 5.41) is 3.44. The fourth-order valence-corrected chi connectivity index (χ4v) is 2.80. The topological polar surface area (TPSA) is 30.5 Å². The average molecular weight is 277 g/mol. The lowest BCUT2D eigenvalue weighted by molar-refractivity contribution is 0.238. The van der Waals surface area contributed by atoms with Gasteiger partial charge in [0.25, 0.3) is 0 Å². The van der Waals surface area contributed by atoms with Crippen LogP contribution >= 0.6 is 0 Å². The molecule has 3 nitrogen and oxygen atoms in total. The fourth-order valence-electron chi connectivity index (χ4n) is 2.80. The third-order valence-corrected chi connectivity index (χ3v) is 3.96. The number of rotatable bonds is 8. The van der Waals surface area contributed by atoms with Crippen LogP contribution in [-0.2, 0) is 6.54 Å². The predicted octanol–water partition coefficient (Wildman–Crippen LogP) is 3.76. The normalized spacial score (nSPS) is 15.5. The Morgan fingerprint density at radius 1 is 1.25 bits per heavy atom. The van der Waals surface area contributed by atoms with Gasteiger partial charge in [0.2, 0.25) is 0 Å². The number of benzene rings is 1. The van der Waals surface area contributed by atoms with E-state index in [4.69, 9.17) is 9.47 Å². The standard InChI is InChI=1S/C17H27NO2/c1-3-11-18-12-15-9-6-10-16(19-2)17(15)20-13-14-7-4-5-8-14/h6,9-10,14,18H,3-5,7-8,11-13H2,1-2H3. The highest BCUT2D eigenvalue weighted by Gasteiger charge is 2.17. The zero-order valence-corrected chi connectivity index (χ0v) is 12.8. The average Bonchev–Trinajstić information content (AvgIpc) is 2.99. The van der Waals surface area contributed by atoms with Gasteiger partial charge in [-0.05, 0) is 37.8 Å². The van der Waals surface area contributed by atoms with Crippen LogP contribution in [0.5, 0.6) is 11.5 Å². The Hall–Kier alpha value is -1.22. The number of para-hydroxylation sites is 1. The van der Waals surface area contributed by atoms with Crippen LogP contribution in [0.4, 0.5) is 0 Å². The molecule has 1 saturated carbocycles. The van der Waals surface area contributed by atoms with Gasteiger partial charge in [-0.1, -0.05) is 31.9 Å². The van der Waals surface area contributed by atoms with Gasteiger partial charge in [-0.25, -0.2) is 0 Å². The lowest BCUT2D eigenvalue weighted by Crippen LogP contribution is -2.16. The maximum absolute atomic E-state index is 6.11. The van der Waals surface area contributed by atoms with E-state index in [-0.39, 0.29) is 0 Å². The fraction of sp³-hybridized carbons (Fsp3) is 0.647. The SMILES string of the molecule is CCCNCc1cccc(OC)c1OCC1CCCC1. The molecule has 0 spiro atoms. The van der Waals surface area contributed by atoms with E-state index in [1.165, 1.54) is 31.2 Å². The number of ether oxygens (including phenoxy) is 2. The quantitative estimate of drug-likeness (QED) is 0.734. The molecule has 1 fully saturated rings. The molecule has 1 aromatic carbocycles. The van der Waals surface area contributed by atoms with Crippen molar-refractivity contribution in [2.45, 2.75) is 45.6 Å². The molecule has 0 atom stereocenters. The highest BCUT2D eigenvalue weighted by Crippen LogP contribution is 2.33. The highest BCUT2D eigenvalue weighted by molar-refractivity contribution is 5.46. The molecule has 2 rings (SSSR count). The van der Waals surface area contributed by atoms with Crippen LogP contribution in [0.3, 0.4) is 0 Å². The zero-order chi connectivity index (χ0) is 14.2. The Labute approximate surface area is 122 Å². The van der Waals surface area contributed by atoms with E-state index < -0.39 is 0 Å². The first-order valence-corrected chi connectivity index (χ1v) is 7.84. The summed E-state index contributed by atoms with van der Waals surface area (Å²) in [7, 11) is 1.71. The minimum atomic E-state index is 0.719. The van der Waals surface area contributed by atoms with E-state index in [1.807, 2.05) is 12.1 Å². The summed E-state index contributed by atoms with van der Waals surface area (Å²) >= 11 is 0. The molecular formula is C17H27NO2. The molecule has 1 aromatic rings. The van der Waals surface area contributed by atoms with Gasteiger partial charge >= 0.3 is 0 Å². The van der Waals surface area contributed by atoms with Gasteiger partial charge in [0.1, 0.15) is 0 Å². The van der Waals surface area contributed by atoms with Crippen molar-refractivity contribution in [2.24, 2.45) is 5.92 Å². The lowest BCUT2D eigenvalue weighted by Gasteiger charge is -2.17. The summed E-state index contributed by atoms with van der Waals surface area (Å²) in [5.74, 6) is 2.49. The second-order valence-corrected chi connectivity index (χ2v) is 5.59. The minimum Gasteiger partial charge on any atom is -0.493 e. The van der Waals surface area contributed by atoms with E-state index in [0.717, 1.165) is 43.5 Å². The first-order valence-electron chi connectivity index (χ1n) is 7.84. The summed E-state index contributed by atoms with van der Waals surface area (Å²) in [6.45, 7) is 4.86. The zero-order valence-electron chi connectivity index (χ0n) is 12.8. The first kappa shape index (κ1) is 15.2. The Balaban J connectivity index is 2.01. The molecule has 0 aliphatic heterocycles. The van der Waals surface area contributed by atoms with E-state index in [9.17, 15) is 0 Å². The number of methoxy groups -OCH3 is 1. The van der Waals surface area contributed by atoms with Crippen molar-refractivity contribution in [2.75, 3.05) is 20.3 Å². The molecule has 3 heteroatoms. The van der Waals surface area contributed by atoms with E-state index >= 15 is 0 Å². The monoisotopic (exact) mass is 277 g/mol. The summed E-state index contributed by atoms with van der Waals surface area (Å²) < 4.78 is 11.6. The Morgan fingerprint density at radius 2 is 2.05 bits per heavy atom. The van der Waals surface area contributed by atoms with Crippen LogP contribution in [0.15, 0.2) is 18.2 Å². The maximum Gasteiger partial charge on any atom is 0.165 e. The van der Waals surface area contributed by atoms with E-state index in [2.05, 4.69) is 18.3 Å². The summed E-state index contributed by atoms with van der Waals surface area (Å²) in [5.41, 5.74) is 1.19. The van der Waals surface area contributed by atoms with E-state index in [0.29, 0.717) is 0 Å². The Kier molecular flexibility index (Phi) is 6.19. The maximum atomic E-state index is 6.11. The van der Waals surface area contributed by atoms with Gasteiger partial charge in [0, 0.05) is 12.1 Å². The van der Waals surface area contributed by atoms with Crippen molar-refractivity contribution in [1.29, 1.82) is 0 Å². The van der Waals surface area contributed by atoms with Gasteiger partial charge in [-0.15, -0.1) is 0 Å². The smallest absolute Gasteiger partial charge is 0.165 e. The van der Waals surface area contributed by atoms with Gasteiger partial charge in [-0.2, -0.15) is 0 Å². The molecule has 0 radical (unpaired) electrons. The van der Waals surface area contributed by atoms with Crippen LogP contribution in [0, 0.1) is 5.92 Å². The molecule has 1 aliphatic rings. The Morgan fingerprint density at radius 3 is 2.75 bits per heavy atom. The molecule has 112 valence electrons. The van der Waals surface area contributed by atoms with Crippen LogP contribution < -0.4 is 14.8 Å².